The standard InChI is InChI=1S/C18H24O.C6H6/c1-2-3-4-5-6-9-15-19-18-14-10-12-16-11-7-8-13-17(16)18;1-2-4-6-5-3-1/h7-8,10-14H,2-6,9,15H2,1H3;1-6H. The summed E-state index contributed by atoms with van der Waals surface area (Å²) in [6.45, 7) is 3.09. The van der Waals surface area contributed by atoms with E-state index in [1.165, 1.54) is 42.9 Å². The molecule has 0 atom stereocenters. The molecule has 0 N–H and O–H groups in total. The van der Waals surface area contributed by atoms with Crippen LogP contribution in [0.25, 0.3) is 10.8 Å². The average molecular weight is 335 g/mol. The van der Waals surface area contributed by atoms with Crippen molar-refractivity contribution in [3.63, 3.8) is 0 Å². The molecule has 0 radical (unpaired) electrons. The third kappa shape index (κ3) is 7.43. The lowest BCUT2D eigenvalue weighted by Crippen LogP contribution is -1.97. The molecule has 25 heavy (non-hydrogen) atoms. The molecule has 0 heterocycles. The van der Waals surface area contributed by atoms with Crippen molar-refractivity contribution in [1.29, 1.82) is 0 Å². The van der Waals surface area contributed by atoms with E-state index in [1.54, 1.807) is 0 Å². The topological polar surface area (TPSA) is 9.23 Å². The van der Waals surface area contributed by atoms with E-state index in [0.29, 0.717) is 0 Å². The van der Waals surface area contributed by atoms with Gasteiger partial charge in [0.05, 0.1) is 6.61 Å². The second-order valence-corrected chi connectivity index (χ2v) is 6.25. The lowest BCUT2D eigenvalue weighted by molar-refractivity contribution is 0.308. The summed E-state index contributed by atoms with van der Waals surface area (Å²) in [5, 5.41) is 2.47. The fourth-order valence-electron chi connectivity index (χ4n) is 2.77. The van der Waals surface area contributed by atoms with Gasteiger partial charge >= 0.3 is 0 Å². The molecular formula is C24H30O. The van der Waals surface area contributed by atoms with Crippen molar-refractivity contribution in [3.8, 4) is 5.75 Å². The maximum Gasteiger partial charge on any atom is 0.127 e. The molecule has 0 aromatic heterocycles. The molecule has 0 saturated carbocycles. The molecule has 132 valence electrons. The summed E-state index contributed by atoms with van der Waals surface area (Å²) in [7, 11) is 0. The van der Waals surface area contributed by atoms with Gasteiger partial charge in [-0.1, -0.05) is 112 Å². The minimum atomic E-state index is 0.833. The summed E-state index contributed by atoms with van der Waals surface area (Å²) < 4.78 is 5.93. The van der Waals surface area contributed by atoms with Crippen molar-refractivity contribution >= 4 is 10.8 Å². The van der Waals surface area contributed by atoms with Gasteiger partial charge in [-0.05, 0) is 17.9 Å². The van der Waals surface area contributed by atoms with E-state index in [1.807, 2.05) is 36.4 Å². The van der Waals surface area contributed by atoms with Crippen LogP contribution < -0.4 is 4.74 Å². The molecule has 0 fully saturated rings. The molecule has 3 aromatic carbocycles. The van der Waals surface area contributed by atoms with E-state index < -0.39 is 0 Å². The normalized spacial score (nSPS) is 10.1. The summed E-state index contributed by atoms with van der Waals surface area (Å²) in [6.07, 6.45) is 7.83. The first-order valence-corrected chi connectivity index (χ1v) is 9.52. The monoisotopic (exact) mass is 334 g/mol. The van der Waals surface area contributed by atoms with Gasteiger partial charge in [0, 0.05) is 5.39 Å². The van der Waals surface area contributed by atoms with Gasteiger partial charge in [0.15, 0.2) is 0 Å². The Morgan fingerprint density at radius 1 is 0.600 bits per heavy atom. The summed E-state index contributed by atoms with van der Waals surface area (Å²) >= 11 is 0. The average Bonchev–Trinajstić information content (AvgIpc) is 2.69. The molecule has 0 spiro atoms. The molecule has 3 aromatic rings. The van der Waals surface area contributed by atoms with Crippen molar-refractivity contribution in [2.75, 3.05) is 6.61 Å². The summed E-state index contributed by atoms with van der Waals surface area (Å²) in [5.41, 5.74) is 0. The predicted molar refractivity (Wildman–Crippen MR) is 109 cm³/mol. The Morgan fingerprint density at radius 3 is 1.92 bits per heavy atom. The summed E-state index contributed by atoms with van der Waals surface area (Å²) in [6, 6.07) is 26.7. The Morgan fingerprint density at radius 2 is 1.20 bits per heavy atom. The molecule has 0 unspecified atom stereocenters. The maximum atomic E-state index is 5.93. The highest BCUT2D eigenvalue weighted by molar-refractivity contribution is 5.88. The largest absolute Gasteiger partial charge is 0.493 e. The predicted octanol–water partition coefficient (Wildman–Crippen LogP) is 7.27. The van der Waals surface area contributed by atoms with Gasteiger partial charge in [-0.3, -0.25) is 0 Å². The first-order chi connectivity index (χ1) is 12.4. The summed E-state index contributed by atoms with van der Waals surface area (Å²) in [4.78, 5) is 0. The van der Waals surface area contributed by atoms with Gasteiger partial charge in [0.1, 0.15) is 5.75 Å². The minimum absolute atomic E-state index is 0.833. The zero-order valence-electron chi connectivity index (χ0n) is 15.4. The lowest BCUT2D eigenvalue weighted by Gasteiger charge is -2.09. The van der Waals surface area contributed by atoms with Gasteiger partial charge in [-0.15, -0.1) is 0 Å². The van der Waals surface area contributed by atoms with Crippen molar-refractivity contribution in [3.05, 3.63) is 78.9 Å². The van der Waals surface area contributed by atoms with Crippen molar-refractivity contribution < 1.29 is 4.74 Å². The number of hydrogen-bond acceptors (Lipinski definition) is 1. The van der Waals surface area contributed by atoms with Gasteiger partial charge in [0.2, 0.25) is 0 Å². The highest BCUT2D eigenvalue weighted by Crippen LogP contribution is 2.25. The van der Waals surface area contributed by atoms with Crippen LogP contribution in [-0.2, 0) is 0 Å². The van der Waals surface area contributed by atoms with Crippen LogP contribution in [0.5, 0.6) is 5.75 Å². The third-order valence-electron chi connectivity index (χ3n) is 4.17. The first-order valence-electron chi connectivity index (χ1n) is 9.52. The number of fused-ring (bicyclic) bond motifs is 1. The molecule has 0 bridgehead atoms. The fraction of sp³-hybridized carbons (Fsp3) is 0.333. The zero-order valence-corrected chi connectivity index (χ0v) is 15.4. The zero-order chi connectivity index (χ0) is 17.6. The van der Waals surface area contributed by atoms with Crippen molar-refractivity contribution in [2.45, 2.75) is 45.4 Å². The number of ether oxygens (including phenoxy) is 1. The van der Waals surface area contributed by atoms with Crippen molar-refractivity contribution in [1.82, 2.24) is 0 Å². The summed E-state index contributed by atoms with van der Waals surface area (Å²) in [5.74, 6) is 1.02. The van der Waals surface area contributed by atoms with E-state index >= 15 is 0 Å². The molecule has 0 aliphatic rings. The number of hydrogen-bond donors (Lipinski definition) is 0. The van der Waals surface area contributed by atoms with Crippen LogP contribution in [0.3, 0.4) is 0 Å². The Balaban J connectivity index is 0.000000316. The van der Waals surface area contributed by atoms with E-state index in [2.05, 4.69) is 49.4 Å². The van der Waals surface area contributed by atoms with Crippen LogP contribution in [0.2, 0.25) is 0 Å². The molecule has 0 saturated heterocycles. The smallest absolute Gasteiger partial charge is 0.127 e. The second kappa shape index (κ2) is 12.1. The van der Waals surface area contributed by atoms with Crippen molar-refractivity contribution in [2.24, 2.45) is 0 Å². The molecular weight excluding hydrogens is 304 g/mol. The first kappa shape index (κ1) is 19.1. The highest BCUT2D eigenvalue weighted by Gasteiger charge is 2.00. The van der Waals surface area contributed by atoms with Gasteiger partial charge < -0.3 is 4.74 Å². The minimum Gasteiger partial charge on any atom is -0.493 e. The molecule has 0 amide bonds. The molecule has 1 nitrogen and oxygen atoms in total. The van der Waals surface area contributed by atoms with Crippen LogP contribution in [0.15, 0.2) is 78.9 Å². The molecule has 0 aliphatic carbocycles. The van der Waals surface area contributed by atoms with Gasteiger partial charge in [-0.2, -0.15) is 0 Å². The SMILES string of the molecule is CCCCCCCCOc1cccc2ccccc12.c1ccccc1. The Bertz CT molecular complexity index is 659. The lowest BCUT2D eigenvalue weighted by atomic mass is 10.1. The number of unbranched alkanes of at least 4 members (excludes halogenated alkanes) is 5. The number of rotatable bonds is 8. The third-order valence-corrected chi connectivity index (χ3v) is 4.17. The van der Waals surface area contributed by atoms with Crippen LogP contribution in [0.1, 0.15) is 45.4 Å². The number of benzene rings is 3. The van der Waals surface area contributed by atoms with E-state index in [0.717, 1.165) is 18.8 Å². The Kier molecular flexibility index (Phi) is 9.25. The van der Waals surface area contributed by atoms with E-state index in [9.17, 15) is 0 Å². The van der Waals surface area contributed by atoms with Crippen LogP contribution in [0.4, 0.5) is 0 Å². The van der Waals surface area contributed by atoms with Gasteiger partial charge in [-0.25, -0.2) is 0 Å². The molecule has 1 heteroatoms. The quantitative estimate of drug-likeness (QED) is 0.394. The second-order valence-electron chi connectivity index (χ2n) is 6.25. The molecule has 3 rings (SSSR count). The van der Waals surface area contributed by atoms with Crippen LogP contribution >= 0.6 is 0 Å². The Labute approximate surface area is 152 Å². The Hall–Kier alpha value is -2.28. The highest BCUT2D eigenvalue weighted by atomic mass is 16.5. The van der Waals surface area contributed by atoms with Gasteiger partial charge in [0.25, 0.3) is 0 Å². The fourth-order valence-corrected chi connectivity index (χ4v) is 2.77. The maximum absolute atomic E-state index is 5.93. The van der Waals surface area contributed by atoms with E-state index in [4.69, 9.17) is 4.74 Å². The van der Waals surface area contributed by atoms with Crippen LogP contribution in [0, 0.1) is 0 Å². The van der Waals surface area contributed by atoms with E-state index in [-0.39, 0.29) is 0 Å². The van der Waals surface area contributed by atoms with Crippen LogP contribution in [-0.4, -0.2) is 6.61 Å². The molecule has 0 aliphatic heterocycles.